The molecule has 1 heterocycles. The topological polar surface area (TPSA) is 68.9 Å². The van der Waals surface area contributed by atoms with Crippen LogP contribution in [0.25, 0.3) is 0 Å². The van der Waals surface area contributed by atoms with Crippen LogP contribution in [-0.4, -0.2) is 38.4 Å². The van der Waals surface area contributed by atoms with Gasteiger partial charge in [0.15, 0.2) is 5.96 Å². The van der Waals surface area contributed by atoms with Gasteiger partial charge < -0.3 is 20.5 Å². The Bertz CT molecular complexity index is 457. The van der Waals surface area contributed by atoms with E-state index in [0.717, 1.165) is 38.2 Å². The maximum absolute atomic E-state index is 5.88. The molecule has 1 aromatic rings. The zero-order valence-electron chi connectivity index (χ0n) is 12.7. The van der Waals surface area contributed by atoms with Crippen LogP contribution in [-0.2, 0) is 15.9 Å². The second-order valence-corrected chi connectivity index (χ2v) is 5.16. The molecule has 0 spiro atoms. The molecule has 116 valence electrons. The lowest BCUT2D eigenvalue weighted by atomic mass is 10.1. The van der Waals surface area contributed by atoms with E-state index >= 15 is 0 Å². The van der Waals surface area contributed by atoms with E-state index in [1.807, 2.05) is 12.1 Å². The van der Waals surface area contributed by atoms with E-state index in [0.29, 0.717) is 19.1 Å². The Kier molecular flexibility index (Phi) is 6.50. The predicted molar refractivity (Wildman–Crippen MR) is 85.7 cm³/mol. The quantitative estimate of drug-likeness (QED) is 0.459. The third-order valence-corrected chi connectivity index (χ3v) is 3.43. The van der Waals surface area contributed by atoms with Gasteiger partial charge in [-0.2, -0.15) is 0 Å². The summed E-state index contributed by atoms with van der Waals surface area (Å²) in [6.07, 6.45) is 3.14. The molecule has 2 rings (SSSR count). The van der Waals surface area contributed by atoms with Crippen molar-refractivity contribution in [2.75, 3.05) is 31.7 Å². The molecule has 0 saturated carbocycles. The molecule has 1 aliphatic rings. The Balaban J connectivity index is 1.65. The standard InChI is InChI=1S/C16H25N3O2/c1-2-13-5-3-6-14(11-13)19-16(17)18-8-4-9-21-15-7-10-20-12-15/h3,5-6,11,15H,2,4,7-10,12H2,1H3,(H3,17,18,19). The fourth-order valence-corrected chi connectivity index (χ4v) is 2.21. The number of aryl methyl sites for hydroxylation is 1. The van der Waals surface area contributed by atoms with Crippen LogP contribution in [0.3, 0.4) is 0 Å². The van der Waals surface area contributed by atoms with Gasteiger partial charge in [0.05, 0.1) is 12.7 Å². The van der Waals surface area contributed by atoms with Crippen molar-refractivity contribution in [3.8, 4) is 0 Å². The minimum Gasteiger partial charge on any atom is -0.379 e. The Morgan fingerprint density at radius 3 is 3.19 bits per heavy atom. The molecule has 0 amide bonds. The van der Waals surface area contributed by atoms with Crippen molar-refractivity contribution in [1.82, 2.24) is 0 Å². The molecular formula is C16H25N3O2. The molecule has 1 fully saturated rings. The molecule has 1 atom stereocenters. The molecule has 5 nitrogen and oxygen atoms in total. The molecule has 1 saturated heterocycles. The SMILES string of the molecule is CCc1cccc(NC(N)=NCCCOC2CCOC2)c1. The number of ether oxygens (including phenoxy) is 2. The van der Waals surface area contributed by atoms with Crippen molar-refractivity contribution in [2.24, 2.45) is 10.7 Å². The van der Waals surface area contributed by atoms with Crippen LogP contribution in [0.15, 0.2) is 29.3 Å². The first kappa shape index (κ1) is 15.8. The normalized spacial score (nSPS) is 18.9. The Morgan fingerprint density at radius 1 is 1.52 bits per heavy atom. The number of hydrogen-bond donors (Lipinski definition) is 2. The van der Waals surface area contributed by atoms with Crippen molar-refractivity contribution in [3.05, 3.63) is 29.8 Å². The molecular weight excluding hydrogens is 266 g/mol. The monoisotopic (exact) mass is 291 g/mol. The first-order chi connectivity index (χ1) is 10.3. The summed E-state index contributed by atoms with van der Waals surface area (Å²) in [5, 5.41) is 3.12. The van der Waals surface area contributed by atoms with Gasteiger partial charge in [-0.25, -0.2) is 0 Å². The number of nitrogens with one attached hydrogen (secondary N) is 1. The average Bonchev–Trinajstić information content (AvgIpc) is 3.00. The number of nitrogens with two attached hydrogens (primary N) is 1. The number of nitrogens with zero attached hydrogens (tertiary/aromatic N) is 1. The molecule has 1 aromatic carbocycles. The van der Waals surface area contributed by atoms with Gasteiger partial charge in [0, 0.05) is 25.4 Å². The molecule has 1 unspecified atom stereocenters. The lowest BCUT2D eigenvalue weighted by molar-refractivity contribution is 0.0424. The fourth-order valence-electron chi connectivity index (χ4n) is 2.21. The second kappa shape index (κ2) is 8.64. The van der Waals surface area contributed by atoms with Crippen molar-refractivity contribution >= 4 is 11.6 Å². The Morgan fingerprint density at radius 2 is 2.43 bits per heavy atom. The number of aliphatic imine (C=N–C) groups is 1. The van der Waals surface area contributed by atoms with E-state index < -0.39 is 0 Å². The third-order valence-electron chi connectivity index (χ3n) is 3.43. The molecule has 21 heavy (non-hydrogen) atoms. The van der Waals surface area contributed by atoms with Gasteiger partial charge in [0.2, 0.25) is 0 Å². The molecule has 0 aromatic heterocycles. The first-order valence-corrected chi connectivity index (χ1v) is 7.63. The Hall–Kier alpha value is -1.59. The summed E-state index contributed by atoms with van der Waals surface area (Å²) in [6, 6.07) is 8.20. The fraction of sp³-hybridized carbons (Fsp3) is 0.562. The number of hydrogen-bond acceptors (Lipinski definition) is 3. The molecule has 0 aliphatic carbocycles. The summed E-state index contributed by atoms with van der Waals surface area (Å²) >= 11 is 0. The van der Waals surface area contributed by atoms with Crippen LogP contribution in [0.5, 0.6) is 0 Å². The van der Waals surface area contributed by atoms with Crippen LogP contribution < -0.4 is 11.1 Å². The smallest absolute Gasteiger partial charge is 0.193 e. The van der Waals surface area contributed by atoms with Crippen LogP contribution in [0.4, 0.5) is 5.69 Å². The number of benzene rings is 1. The van der Waals surface area contributed by atoms with Gasteiger partial charge in [-0.15, -0.1) is 0 Å². The molecule has 5 heteroatoms. The highest BCUT2D eigenvalue weighted by atomic mass is 16.5. The minimum absolute atomic E-state index is 0.265. The van der Waals surface area contributed by atoms with E-state index in [1.54, 1.807) is 0 Å². The second-order valence-electron chi connectivity index (χ2n) is 5.16. The summed E-state index contributed by atoms with van der Waals surface area (Å²) < 4.78 is 10.9. The summed E-state index contributed by atoms with van der Waals surface area (Å²) in [4.78, 5) is 4.31. The number of guanidine groups is 1. The first-order valence-electron chi connectivity index (χ1n) is 7.63. The van der Waals surface area contributed by atoms with Gasteiger partial charge in [-0.05, 0) is 37.0 Å². The highest BCUT2D eigenvalue weighted by Gasteiger charge is 2.15. The van der Waals surface area contributed by atoms with E-state index in [2.05, 4.69) is 29.4 Å². The number of rotatable bonds is 7. The summed E-state index contributed by atoms with van der Waals surface area (Å²) in [5.74, 6) is 0.451. The summed E-state index contributed by atoms with van der Waals surface area (Å²) in [7, 11) is 0. The molecule has 1 aliphatic heterocycles. The average molecular weight is 291 g/mol. The lowest BCUT2D eigenvalue weighted by Crippen LogP contribution is -2.23. The predicted octanol–water partition coefficient (Wildman–Crippen LogP) is 2.17. The summed E-state index contributed by atoms with van der Waals surface area (Å²) in [6.45, 7) is 5.04. The van der Waals surface area contributed by atoms with Crippen molar-refractivity contribution in [1.29, 1.82) is 0 Å². The highest BCUT2D eigenvalue weighted by molar-refractivity contribution is 5.92. The minimum atomic E-state index is 0.265. The third kappa shape index (κ3) is 5.73. The Labute approximate surface area is 126 Å². The molecule has 0 radical (unpaired) electrons. The van der Waals surface area contributed by atoms with Crippen LogP contribution in [0, 0.1) is 0 Å². The zero-order valence-corrected chi connectivity index (χ0v) is 12.7. The highest BCUT2D eigenvalue weighted by Crippen LogP contribution is 2.11. The maximum atomic E-state index is 5.88. The van der Waals surface area contributed by atoms with E-state index in [1.165, 1.54) is 5.56 Å². The van der Waals surface area contributed by atoms with E-state index in [4.69, 9.17) is 15.2 Å². The van der Waals surface area contributed by atoms with Crippen LogP contribution >= 0.6 is 0 Å². The van der Waals surface area contributed by atoms with E-state index in [9.17, 15) is 0 Å². The van der Waals surface area contributed by atoms with Crippen LogP contribution in [0.2, 0.25) is 0 Å². The van der Waals surface area contributed by atoms with Gasteiger partial charge >= 0.3 is 0 Å². The maximum Gasteiger partial charge on any atom is 0.193 e. The zero-order chi connectivity index (χ0) is 14.9. The van der Waals surface area contributed by atoms with Gasteiger partial charge in [-0.1, -0.05) is 19.1 Å². The van der Waals surface area contributed by atoms with Crippen molar-refractivity contribution < 1.29 is 9.47 Å². The van der Waals surface area contributed by atoms with Gasteiger partial charge in [0.25, 0.3) is 0 Å². The van der Waals surface area contributed by atoms with Gasteiger partial charge in [-0.3, -0.25) is 4.99 Å². The van der Waals surface area contributed by atoms with Crippen molar-refractivity contribution in [3.63, 3.8) is 0 Å². The summed E-state index contributed by atoms with van der Waals surface area (Å²) in [5.41, 5.74) is 8.14. The molecule has 3 N–H and O–H groups in total. The van der Waals surface area contributed by atoms with E-state index in [-0.39, 0.29) is 6.10 Å². The van der Waals surface area contributed by atoms with Crippen LogP contribution in [0.1, 0.15) is 25.3 Å². The molecule has 0 bridgehead atoms. The largest absolute Gasteiger partial charge is 0.379 e. The lowest BCUT2D eigenvalue weighted by Gasteiger charge is -2.09. The van der Waals surface area contributed by atoms with Crippen molar-refractivity contribution in [2.45, 2.75) is 32.3 Å². The number of anilines is 1. The van der Waals surface area contributed by atoms with Gasteiger partial charge in [0.1, 0.15) is 0 Å².